The molecule has 0 amide bonds. The van der Waals surface area contributed by atoms with E-state index in [1.165, 1.54) is 5.56 Å². The van der Waals surface area contributed by atoms with Crippen molar-refractivity contribution in [3.63, 3.8) is 0 Å². The van der Waals surface area contributed by atoms with Crippen molar-refractivity contribution in [2.75, 3.05) is 6.61 Å². The summed E-state index contributed by atoms with van der Waals surface area (Å²) in [7, 11) is 0. The summed E-state index contributed by atoms with van der Waals surface area (Å²) in [5.41, 5.74) is 3.49. The lowest BCUT2D eigenvalue weighted by Crippen LogP contribution is -2.43. The second kappa shape index (κ2) is 6.43. The second-order valence-electron chi connectivity index (χ2n) is 6.89. The molecule has 0 saturated carbocycles. The van der Waals surface area contributed by atoms with Gasteiger partial charge in [0.05, 0.1) is 18.4 Å². The lowest BCUT2D eigenvalue weighted by molar-refractivity contribution is -0.0461. The number of ether oxygens (including phenoxy) is 2. The highest BCUT2D eigenvalue weighted by Gasteiger charge is 2.41. The van der Waals surface area contributed by atoms with Crippen LogP contribution in [0.15, 0.2) is 53.6 Å². The third kappa shape index (κ3) is 2.86. The Morgan fingerprint density at radius 3 is 2.64 bits per heavy atom. The van der Waals surface area contributed by atoms with Gasteiger partial charge in [0.25, 0.3) is 0 Å². The average Bonchev–Trinajstić information content (AvgIpc) is 3.07. The van der Waals surface area contributed by atoms with Crippen LogP contribution in [0.2, 0.25) is 0 Å². The van der Waals surface area contributed by atoms with E-state index in [-0.39, 0.29) is 12.3 Å². The summed E-state index contributed by atoms with van der Waals surface area (Å²) in [6.07, 6.45) is 0.873. The lowest BCUT2D eigenvalue weighted by Gasteiger charge is -2.39. The van der Waals surface area contributed by atoms with Crippen molar-refractivity contribution < 1.29 is 9.47 Å². The lowest BCUT2D eigenvalue weighted by atomic mass is 9.95. The van der Waals surface area contributed by atoms with Gasteiger partial charge in [0.1, 0.15) is 11.5 Å². The molecule has 4 nitrogen and oxygen atoms in total. The third-order valence-corrected chi connectivity index (χ3v) is 4.80. The van der Waals surface area contributed by atoms with E-state index in [1.54, 1.807) is 0 Å². The molecule has 0 bridgehead atoms. The number of hydrazone groups is 1. The molecule has 0 radical (unpaired) electrons. The molecule has 4 rings (SSSR count). The van der Waals surface area contributed by atoms with E-state index in [2.05, 4.69) is 49.2 Å². The normalized spacial score (nSPS) is 21.4. The summed E-state index contributed by atoms with van der Waals surface area (Å²) in [5, 5.41) is 7.09. The molecule has 25 heavy (non-hydrogen) atoms. The molecule has 0 N–H and O–H groups in total. The van der Waals surface area contributed by atoms with Gasteiger partial charge in [-0.25, -0.2) is 5.01 Å². The van der Waals surface area contributed by atoms with E-state index in [0.717, 1.165) is 29.2 Å². The molecule has 2 aromatic rings. The summed E-state index contributed by atoms with van der Waals surface area (Å²) in [4.78, 5) is 0. The van der Waals surface area contributed by atoms with Crippen LogP contribution in [-0.2, 0) is 0 Å². The molecule has 2 heterocycles. The zero-order valence-corrected chi connectivity index (χ0v) is 15.0. The van der Waals surface area contributed by atoms with E-state index >= 15 is 0 Å². The molecule has 0 saturated heterocycles. The number of rotatable bonds is 4. The Bertz CT molecular complexity index is 783. The Morgan fingerprint density at radius 2 is 1.92 bits per heavy atom. The second-order valence-corrected chi connectivity index (χ2v) is 6.89. The van der Waals surface area contributed by atoms with Crippen molar-refractivity contribution in [3.8, 4) is 11.5 Å². The molecule has 0 aliphatic carbocycles. The van der Waals surface area contributed by atoms with Gasteiger partial charge in [0.15, 0.2) is 6.23 Å². The monoisotopic (exact) mass is 336 g/mol. The maximum Gasteiger partial charge on any atom is 0.190 e. The van der Waals surface area contributed by atoms with Gasteiger partial charge in [0, 0.05) is 17.9 Å². The first-order chi connectivity index (χ1) is 12.2. The van der Waals surface area contributed by atoms with Crippen LogP contribution in [0.25, 0.3) is 0 Å². The smallest absolute Gasteiger partial charge is 0.190 e. The summed E-state index contributed by atoms with van der Waals surface area (Å²) >= 11 is 0. The Hall–Kier alpha value is -2.49. The van der Waals surface area contributed by atoms with Gasteiger partial charge >= 0.3 is 0 Å². The quantitative estimate of drug-likeness (QED) is 0.817. The largest absolute Gasteiger partial charge is 0.494 e. The van der Waals surface area contributed by atoms with Gasteiger partial charge in [-0.15, -0.1) is 0 Å². The third-order valence-electron chi connectivity index (χ3n) is 4.80. The van der Waals surface area contributed by atoms with Crippen LogP contribution in [0.3, 0.4) is 0 Å². The average molecular weight is 336 g/mol. The van der Waals surface area contributed by atoms with Crippen molar-refractivity contribution in [2.24, 2.45) is 11.0 Å². The Balaban J connectivity index is 1.66. The van der Waals surface area contributed by atoms with Gasteiger partial charge in [-0.3, -0.25) is 0 Å². The van der Waals surface area contributed by atoms with Crippen LogP contribution in [0.4, 0.5) is 0 Å². The molecule has 2 aromatic carbocycles. The fourth-order valence-corrected chi connectivity index (χ4v) is 3.59. The Labute approximate surface area is 149 Å². The number of para-hydroxylation sites is 1. The standard InChI is InChI=1S/C21H24N2O2/c1-4-24-16-11-9-15(10-12-16)18-13-19-17-7-5-6-8-20(17)25-21(14(2)3)23(19)22-18/h5-12,14,19,21H,4,13H2,1-3H3/t19-,21-/m1/s1. The number of hydrogen-bond acceptors (Lipinski definition) is 4. The molecule has 2 atom stereocenters. The van der Waals surface area contributed by atoms with Gasteiger partial charge in [-0.05, 0) is 42.8 Å². The summed E-state index contributed by atoms with van der Waals surface area (Å²) in [5.74, 6) is 2.25. The van der Waals surface area contributed by atoms with Crippen LogP contribution in [-0.4, -0.2) is 23.6 Å². The van der Waals surface area contributed by atoms with Crippen LogP contribution in [0.5, 0.6) is 11.5 Å². The predicted octanol–water partition coefficient (Wildman–Crippen LogP) is 4.61. The molecule has 2 aliphatic rings. The number of hydrogen-bond donors (Lipinski definition) is 0. The van der Waals surface area contributed by atoms with Crippen molar-refractivity contribution in [2.45, 2.75) is 39.5 Å². The molecule has 0 fully saturated rings. The highest BCUT2D eigenvalue weighted by Crippen LogP contribution is 2.44. The van der Waals surface area contributed by atoms with E-state index in [0.29, 0.717) is 12.5 Å². The maximum atomic E-state index is 6.24. The van der Waals surface area contributed by atoms with E-state index in [9.17, 15) is 0 Å². The minimum Gasteiger partial charge on any atom is -0.494 e. The summed E-state index contributed by atoms with van der Waals surface area (Å²) in [6.45, 7) is 7.04. The fraction of sp³-hybridized carbons (Fsp3) is 0.381. The van der Waals surface area contributed by atoms with Crippen molar-refractivity contribution in [3.05, 3.63) is 59.7 Å². The van der Waals surface area contributed by atoms with Crippen molar-refractivity contribution in [1.82, 2.24) is 5.01 Å². The topological polar surface area (TPSA) is 34.1 Å². The van der Waals surface area contributed by atoms with Gasteiger partial charge in [0.2, 0.25) is 0 Å². The molecule has 4 heteroatoms. The minimum absolute atomic E-state index is 0.0277. The Morgan fingerprint density at radius 1 is 1.16 bits per heavy atom. The SMILES string of the molecule is CCOc1ccc(C2=NN3[C@H](C2)c2ccccc2O[C@@H]3C(C)C)cc1. The fourth-order valence-electron chi connectivity index (χ4n) is 3.59. The number of fused-ring (bicyclic) bond motifs is 3. The predicted molar refractivity (Wildman–Crippen MR) is 99.0 cm³/mol. The Kier molecular flexibility index (Phi) is 4.12. The van der Waals surface area contributed by atoms with Crippen molar-refractivity contribution in [1.29, 1.82) is 0 Å². The van der Waals surface area contributed by atoms with Crippen LogP contribution < -0.4 is 9.47 Å². The van der Waals surface area contributed by atoms with E-state index in [4.69, 9.17) is 14.6 Å². The first kappa shape index (κ1) is 16.0. The van der Waals surface area contributed by atoms with Gasteiger partial charge in [-0.1, -0.05) is 32.0 Å². The minimum atomic E-state index is -0.0277. The van der Waals surface area contributed by atoms with E-state index < -0.39 is 0 Å². The van der Waals surface area contributed by atoms with Crippen LogP contribution >= 0.6 is 0 Å². The zero-order valence-electron chi connectivity index (χ0n) is 15.0. The maximum absolute atomic E-state index is 6.24. The molecule has 130 valence electrons. The molecule has 0 spiro atoms. The first-order valence-electron chi connectivity index (χ1n) is 9.02. The summed E-state index contributed by atoms with van der Waals surface area (Å²) < 4.78 is 11.8. The molecular weight excluding hydrogens is 312 g/mol. The number of benzene rings is 2. The first-order valence-corrected chi connectivity index (χ1v) is 9.02. The summed E-state index contributed by atoms with van der Waals surface area (Å²) in [6, 6.07) is 16.8. The molecule has 0 aromatic heterocycles. The van der Waals surface area contributed by atoms with Crippen molar-refractivity contribution >= 4 is 5.71 Å². The molecule has 0 unspecified atom stereocenters. The zero-order chi connectivity index (χ0) is 17.4. The van der Waals surface area contributed by atoms with Crippen LogP contribution in [0, 0.1) is 5.92 Å². The number of nitrogens with zero attached hydrogens (tertiary/aromatic N) is 2. The highest BCUT2D eigenvalue weighted by molar-refractivity contribution is 6.02. The van der Waals surface area contributed by atoms with Gasteiger partial charge < -0.3 is 9.47 Å². The molecule has 2 aliphatic heterocycles. The van der Waals surface area contributed by atoms with E-state index in [1.807, 2.05) is 25.1 Å². The van der Waals surface area contributed by atoms with Gasteiger partial charge in [-0.2, -0.15) is 5.10 Å². The highest BCUT2D eigenvalue weighted by atomic mass is 16.5. The van der Waals surface area contributed by atoms with Crippen LogP contribution in [0.1, 0.15) is 44.4 Å². The molecular formula is C21H24N2O2.